The average molecular weight is 234 g/mol. The lowest BCUT2D eigenvalue weighted by Crippen LogP contribution is -2.67. The minimum Gasteiger partial charge on any atom is -0.329 e. The molecule has 4 heteroatoms. The molecule has 3 rings (SSSR count). The smallest absolute Gasteiger partial charge is 0.249 e. The Morgan fingerprint density at radius 1 is 1.35 bits per heavy atom. The molecule has 0 aromatic carbocycles. The summed E-state index contributed by atoms with van der Waals surface area (Å²) in [5.41, 5.74) is -0.584. The fraction of sp³-hybridized carbons (Fsp3) is 0.692. The highest BCUT2D eigenvalue weighted by atomic mass is 16.2. The fourth-order valence-corrected chi connectivity index (χ4v) is 3.67. The Morgan fingerprint density at radius 3 is 2.94 bits per heavy atom. The van der Waals surface area contributed by atoms with E-state index < -0.39 is 5.54 Å². The van der Waals surface area contributed by atoms with Crippen LogP contribution in [-0.4, -0.2) is 46.3 Å². The van der Waals surface area contributed by atoms with Crippen LogP contribution in [0.4, 0.5) is 0 Å². The Morgan fingerprint density at radius 2 is 2.18 bits per heavy atom. The van der Waals surface area contributed by atoms with Gasteiger partial charge in [0.1, 0.15) is 11.6 Å². The summed E-state index contributed by atoms with van der Waals surface area (Å²) in [5, 5.41) is 0. The van der Waals surface area contributed by atoms with Crippen molar-refractivity contribution in [1.82, 2.24) is 9.80 Å². The van der Waals surface area contributed by atoms with E-state index in [4.69, 9.17) is 0 Å². The van der Waals surface area contributed by atoms with Crippen molar-refractivity contribution in [2.75, 3.05) is 13.1 Å². The third-order valence-corrected chi connectivity index (χ3v) is 4.43. The number of hydrogen-bond donors (Lipinski definition) is 0. The van der Waals surface area contributed by atoms with Gasteiger partial charge in [-0.2, -0.15) is 0 Å². The SMILES string of the molecule is C=CC[C@@]12CCCN1C(=O)[C@@H]1CCCN1C2=O. The summed E-state index contributed by atoms with van der Waals surface area (Å²) >= 11 is 0. The topological polar surface area (TPSA) is 40.6 Å². The summed E-state index contributed by atoms with van der Waals surface area (Å²) in [6.07, 6.45) is 5.91. The molecule has 2 amide bonds. The van der Waals surface area contributed by atoms with Crippen LogP contribution < -0.4 is 0 Å². The van der Waals surface area contributed by atoms with Crippen molar-refractivity contribution >= 4 is 11.8 Å². The van der Waals surface area contributed by atoms with Crippen molar-refractivity contribution in [2.45, 2.75) is 43.7 Å². The molecule has 3 fully saturated rings. The number of rotatable bonds is 2. The Bertz CT molecular complexity index is 393. The number of piperazine rings is 1. The third kappa shape index (κ3) is 1.24. The van der Waals surface area contributed by atoms with Gasteiger partial charge < -0.3 is 9.80 Å². The van der Waals surface area contributed by atoms with Gasteiger partial charge in [0, 0.05) is 13.1 Å². The van der Waals surface area contributed by atoms with Gasteiger partial charge in [0.2, 0.25) is 11.8 Å². The van der Waals surface area contributed by atoms with Crippen molar-refractivity contribution in [3.8, 4) is 0 Å². The molecule has 2 atom stereocenters. The van der Waals surface area contributed by atoms with Crippen LogP contribution in [0.15, 0.2) is 12.7 Å². The molecular weight excluding hydrogens is 216 g/mol. The van der Waals surface area contributed by atoms with Gasteiger partial charge in [0.05, 0.1) is 0 Å². The highest BCUT2D eigenvalue weighted by molar-refractivity contribution is 6.00. The Hall–Kier alpha value is -1.32. The molecule has 17 heavy (non-hydrogen) atoms. The summed E-state index contributed by atoms with van der Waals surface area (Å²) in [4.78, 5) is 28.7. The van der Waals surface area contributed by atoms with Crippen LogP contribution in [0.3, 0.4) is 0 Å². The first-order chi connectivity index (χ1) is 8.20. The van der Waals surface area contributed by atoms with Crippen molar-refractivity contribution in [2.24, 2.45) is 0 Å². The number of hydrogen-bond acceptors (Lipinski definition) is 2. The molecule has 0 N–H and O–H groups in total. The maximum Gasteiger partial charge on any atom is 0.249 e. The molecule has 0 unspecified atom stereocenters. The zero-order valence-corrected chi connectivity index (χ0v) is 10.0. The molecule has 3 aliphatic rings. The lowest BCUT2D eigenvalue weighted by atomic mass is 9.87. The second kappa shape index (κ2) is 3.59. The zero-order chi connectivity index (χ0) is 12.0. The highest BCUT2D eigenvalue weighted by Gasteiger charge is 2.58. The van der Waals surface area contributed by atoms with E-state index in [1.807, 2.05) is 9.80 Å². The van der Waals surface area contributed by atoms with Crippen molar-refractivity contribution < 1.29 is 9.59 Å². The normalized spacial score (nSPS) is 36.1. The molecular formula is C13H18N2O2. The van der Waals surface area contributed by atoms with E-state index in [-0.39, 0.29) is 17.9 Å². The summed E-state index contributed by atoms with van der Waals surface area (Å²) in [7, 11) is 0. The number of carbonyl (C=O) groups is 2. The van der Waals surface area contributed by atoms with Gasteiger partial charge in [-0.15, -0.1) is 6.58 Å². The molecule has 3 saturated heterocycles. The highest BCUT2D eigenvalue weighted by Crippen LogP contribution is 2.41. The van der Waals surface area contributed by atoms with Gasteiger partial charge in [0.15, 0.2) is 0 Å². The Kier molecular flexibility index (Phi) is 2.28. The Balaban J connectivity index is 2.03. The van der Waals surface area contributed by atoms with Gasteiger partial charge in [-0.05, 0) is 32.1 Å². The summed E-state index contributed by atoms with van der Waals surface area (Å²) < 4.78 is 0. The van der Waals surface area contributed by atoms with Gasteiger partial charge in [-0.25, -0.2) is 0 Å². The minimum absolute atomic E-state index is 0.164. The summed E-state index contributed by atoms with van der Waals surface area (Å²) in [5.74, 6) is 0.332. The molecule has 0 bridgehead atoms. The van der Waals surface area contributed by atoms with Crippen LogP contribution in [0.2, 0.25) is 0 Å². The van der Waals surface area contributed by atoms with Gasteiger partial charge in [0.25, 0.3) is 0 Å². The van der Waals surface area contributed by atoms with E-state index >= 15 is 0 Å². The summed E-state index contributed by atoms with van der Waals surface area (Å²) in [6, 6.07) is -0.168. The van der Waals surface area contributed by atoms with Crippen LogP contribution in [0.5, 0.6) is 0 Å². The number of fused-ring (bicyclic) bond motifs is 2. The molecule has 4 nitrogen and oxygen atoms in total. The fourth-order valence-electron chi connectivity index (χ4n) is 3.67. The molecule has 0 aromatic rings. The quantitative estimate of drug-likeness (QED) is 0.667. The average Bonchev–Trinajstić information content (AvgIpc) is 2.93. The number of carbonyl (C=O) groups excluding carboxylic acids is 2. The molecule has 0 aromatic heterocycles. The first-order valence-corrected chi connectivity index (χ1v) is 6.44. The predicted octanol–water partition coefficient (Wildman–Crippen LogP) is 0.928. The van der Waals surface area contributed by atoms with E-state index in [0.717, 1.165) is 38.8 Å². The van der Waals surface area contributed by atoms with Crippen molar-refractivity contribution in [1.29, 1.82) is 0 Å². The number of amides is 2. The molecule has 0 saturated carbocycles. The van der Waals surface area contributed by atoms with Crippen LogP contribution in [-0.2, 0) is 9.59 Å². The van der Waals surface area contributed by atoms with Crippen molar-refractivity contribution in [3.05, 3.63) is 12.7 Å². The van der Waals surface area contributed by atoms with Crippen molar-refractivity contribution in [3.63, 3.8) is 0 Å². The maximum absolute atomic E-state index is 12.6. The largest absolute Gasteiger partial charge is 0.329 e. The maximum atomic E-state index is 12.6. The number of nitrogens with zero attached hydrogens (tertiary/aromatic N) is 2. The van der Waals surface area contributed by atoms with Crippen LogP contribution >= 0.6 is 0 Å². The van der Waals surface area contributed by atoms with E-state index in [2.05, 4.69) is 6.58 Å². The molecule has 0 spiro atoms. The minimum atomic E-state index is -0.584. The lowest BCUT2D eigenvalue weighted by Gasteiger charge is -2.46. The molecule has 0 radical (unpaired) electrons. The molecule has 92 valence electrons. The second-order valence-electron chi connectivity index (χ2n) is 5.27. The van der Waals surface area contributed by atoms with Gasteiger partial charge in [-0.3, -0.25) is 9.59 Å². The van der Waals surface area contributed by atoms with Gasteiger partial charge >= 0.3 is 0 Å². The standard InChI is InChI=1S/C13H18N2O2/c1-2-6-13-7-4-9-15(13)11(16)10-5-3-8-14(10)12(13)17/h2,10H,1,3-9H2/t10-,13-/m0/s1. The second-order valence-corrected chi connectivity index (χ2v) is 5.27. The predicted molar refractivity (Wildman–Crippen MR) is 63.2 cm³/mol. The molecule has 0 aliphatic carbocycles. The van der Waals surface area contributed by atoms with E-state index in [9.17, 15) is 9.59 Å². The zero-order valence-electron chi connectivity index (χ0n) is 10.0. The Labute approximate surface area is 101 Å². The monoisotopic (exact) mass is 234 g/mol. The van der Waals surface area contributed by atoms with E-state index in [1.54, 1.807) is 6.08 Å². The van der Waals surface area contributed by atoms with Crippen LogP contribution in [0.1, 0.15) is 32.1 Å². The van der Waals surface area contributed by atoms with Gasteiger partial charge in [-0.1, -0.05) is 6.08 Å². The van der Waals surface area contributed by atoms with E-state index in [1.165, 1.54) is 0 Å². The lowest BCUT2D eigenvalue weighted by molar-refractivity contribution is -0.165. The molecule has 3 heterocycles. The van der Waals surface area contributed by atoms with Crippen LogP contribution in [0, 0.1) is 0 Å². The first-order valence-electron chi connectivity index (χ1n) is 6.44. The summed E-state index contributed by atoms with van der Waals surface area (Å²) in [6.45, 7) is 5.24. The van der Waals surface area contributed by atoms with E-state index in [0.29, 0.717) is 6.42 Å². The van der Waals surface area contributed by atoms with Crippen LogP contribution in [0.25, 0.3) is 0 Å². The third-order valence-electron chi connectivity index (χ3n) is 4.43. The molecule has 3 aliphatic heterocycles. The first kappa shape index (κ1) is 10.8.